The lowest BCUT2D eigenvalue weighted by atomic mass is 10.3. The largest absolute Gasteiger partial charge is 0.377 e. The van der Waals surface area contributed by atoms with E-state index in [0.29, 0.717) is 18.2 Å². The molecule has 16 heavy (non-hydrogen) atoms. The van der Waals surface area contributed by atoms with Crippen LogP contribution < -0.4 is 5.32 Å². The summed E-state index contributed by atoms with van der Waals surface area (Å²) in [6, 6.07) is 1.57. The van der Waals surface area contributed by atoms with Crippen molar-refractivity contribution in [2.45, 2.75) is 25.0 Å². The van der Waals surface area contributed by atoms with Crippen LogP contribution >= 0.6 is 11.6 Å². The van der Waals surface area contributed by atoms with E-state index in [4.69, 9.17) is 20.9 Å². The molecule has 1 fully saturated rings. The molecule has 2 rings (SSSR count). The van der Waals surface area contributed by atoms with Crippen LogP contribution in [0.4, 0.5) is 0 Å². The average molecular weight is 245 g/mol. The number of hydrogen-bond donors (Lipinski definition) is 1. The van der Waals surface area contributed by atoms with E-state index < -0.39 is 0 Å². The van der Waals surface area contributed by atoms with Gasteiger partial charge in [-0.1, -0.05) is 5.16 Å². The van der Waals surface area contributed by atoms with Crippen LogP contribution in [0, 0.1) is 0 Å². The molecule has 0 aromatic carbocycles. The number of methoxy groups -OCH3 is 1. The Labute approximate surface area is 98.1 Å². The van der Waals surface area contributed by atoms with E-state index in [1.165, 1.54) is 0 Å². The van der Waals surface area contributed by atoms with Crippen molar-refractivity contribution < 1.29 is 14.1 Å². The number of nitrogens with zero attached hydrogens (tertiary/aromatic N) is 1. The van der Waals surface area contributed by atoms with Crippen molar-refractivity contribution in [3.05, 3.63) is 17.5 Å². The Hall–Kier alpha value is -1.07. The summed E-state index contributed by atoms with van der Waals surface area (Å²) in [7, 11) is 1.55. The van der Waals surface area contributed by atoms with Crippen LogP contribution in [0.5, 0.6) is 0 Å². The Morgan fingerprint density at radius 1 is 1.75 bits per heavy atom. The second kappa shape index (κ2) is 4.43. The highest BCUT2D eigenvalue weighted by Gasteiger charge is 2.43. The standard InChI is InChI=1S/C10H13ClN2O3/c1-15-5-7-4-8(13-16-7)9(14)12-10(6-11)2-3-10/h4H,2-3,5-6H2,1H3,(H,12,14). The molecule has 1 aromatic heterocycles. The Morgan fingerprint density at radius 3 is 3.06 bits per heavy atom. The van der Waals surface area contributed by atoms with Crippen LogP contribution in [0.1, 0.15) is 29.1 Å². The number of hydrogen-bond acceptors (Lipinski definition) is 4. The number of rotatable bonds is 5. The smallest absolute Gasteiger partial charge is 0.273 e. The van der Waals surface area contributed by atoms with Gasteiger partial charge in [-0.2, -0.15) is 0 Å². The minimum atomic E-state index is -0.246. The van der Waals surface area contributed by atoms with Crippen LogP contribution in [0.15, 0.2) is 10.6 Å². The highest BCUT2D eigenvalue weighted by Crippen LogP contribution is 2.36. The summed E-state index contributed by atoms with van der Waals surface area (Å²) in [5.41, 5.74) is 0.0439. The number of carbonyl (C=O) groups is 1. The Bertz CT molecular complexity index is 387. The van der Waals surface area contributed by atoms with E-state index >= 15 is 0 Å². The third-order valence-corrected chi connectivity index (χ3v) is 3.08. The van der Waals surface area contributed by atoms with Crippen LogP contribution in [0.2, 0.25) is 0 Å². The summed E-state index contributed by atoms with van der Waals surface area (Å²) in [6.45, 7) is 0.306. The maximum atomic E-state index is 11.7. The summed E-state index contributed by atoms with van der Waals surface area (Å²) >= 11 is 5.76. The molecule has 1 heterocycles. The molecular weight excluding hydrogens is 232 g/mol. The van der Waals surface area contributed by atoms with Gasteiger partial charge in [0.1, 0.15) is 6.61 Å². The van der Waals surface area contributed by atoms with Crippen molar-refractivity contribution in [2.75, 3.05) is 13.0 Å². The van der Waals surface area contributed by atoms with Crippen molar-refractivity contribution >= 4 is 17.5 Å². The molecule has 88 valence electrons. The number of ether oxygens (including phenoxy) is 1. The van der Waals surface area contributed by atoms with Crippen LogP contribution in [-0.4, -0.2) is 29.6 Å². The van der Waals surface area contributed by atoms with E-state index in [1.807, 2.05) is 0 Å². The van der Waals surface area contributed by atoms with E-state index in [1.54, 1.807) is 13.2 Å². The first-order valence-electron chi connectivity index (χ1n) is 5.02. The molecule has 0 radical (unpaired) electrons. The van der Waals surface area contributed by atoms with Gasteiger partial charge >= 0.3 is 0 Å². The van der Waals surface area contributed by atoms with Gasteiger partial charge in [0.15, 0.2) is 11.5 Å². The van der Waals surface area contributed by atoms with Gasteiger partial charge in [-0.15, -0.1) is 11.6 Å². The van der Waals surface area contributed by atoms with Gasteiger partial charge in [0.05, 0.1) is 5.54 Å². The Kier molecular flexibility index (Phi) is 3.16. The topological polar surface area (TPSA) is 64.4 Å². The minimum absolute atomic E-state index is 0.223. The second-order valence-corrected chi connectivity index (χ2v) is 4.25. The molecule has 0 saturated heterocycles. The van der Waals surface area contributed by atoms with Crippen LogP contribution in [0.25, 0.3) is 0 Å². The third-order valence-electron chi connectivity index (χ3n) is 2.57. The summed E-state index contributed by atoms with van der Waals surface area (Å²) in [6.07, 6.45) is 1.84. The number of nitrogens with one attached hydrogen (secondary N) is 1. The molecule has 1 aliphatic rings. The highest BCUT2D eigenvalue weighted by atomic mass is 35.5. The van der Waals surface area contributed by atoms with Gasteiger partial charge in [-0.25, -0.2) is 0 Å². The quantitative estimate of drug-likeness (QED) is 0.794. The number of carbonyl (C=O) groups excluding carboxylic acids is 1. The molecule has 5 nitrogen and oxygen atoms in total. The zero-order chi connectivity index (χ0) is 11.6. The first kappa shape index (κ1) is 11.4. The molecule has 0 bridgehead atoms. The molecule has 6 heteroatoms. The number of alkyl halides is 1. The van der Waals surface area contributed by atoms with Crippen molar-refractivity contribution in [1.29, 1.82) is 0 Å². The first-order chi connectivity index (χ1) is 7.69. The fraction of sp³-hybridized carbons (Fsp3) is 0.600. The van der Waals surface area contributed by atoms with E-state index in [2.05, 4.69) is 10.5 Å². The first-order valence-corrected chi connectivity index (χ1v) is 5.55. The summed E-state index contributed by atoms with van der Waals surface area (Å²) < 4.78 is 9.79. The predicted octanol–water partition coefficient (Wildman–Crippen LogP) is 1.32. The molecular formula is C10H13ClN2O3. The third kappa shape index (κ3) is 2.36. The van der Waals surface area contributed by atoms with Crippen molar-refractivity contribution in [1.82, 2.24) is 10.5 Å². The summed E-state index contributed by atoms with van der Waals surface area (Å²) in [5.74, 6) is 0.717. The number of amides is 1. The molecule has 0 aliphatic heterocycles. The molecule has 1 aliphatic carbocycles. The SMILES string of the molecule is COCc1cc(C(=O)NC2(CCl)CC2)no1. The summed E-state index contributed by atoms with van der Waals surface area (Å²) in [5, 5.41) is 6.53. The van der Waals surface area contributed by atoms with E-state index in [9.17, 15) is 4.79 Å². The lowest BCUT2D eigenvalue weighted by molar-refractivity contribution is 0.0926. The van der Waals surface area contributed by atoms with Gasteiger partial charge in [0.25, 0.3) is 5.91 Å². The van der Waals surface area contributed by atoms with Gasteiger partial charge in [0.2, 0.25) is 0 Å². The zero-order valence-electron chi connectivity index (χ0n) is 8.96. The monoisotopic (exact) mass is 244 g/mol. The fourth-order valence-corrected chi connectivity index (χ4v) is 1.71. The predicted molar refractivity (Wildman–Crippen MR) is 57.4 cm³/mol. The highest BCUT2D eigenvalue weighted by molar-refractivity contribution is 6.19. The number of aromatic nitrogens is 1. The van der Waals surface area contributed by atoms with Crippen molar-refractivity contribution in [2.24, 2.45) is 0 Å². The Balaban J connectivity index is 1.98. The van der Waals surface area contributed by atoms with Gasteiger partial charge in [-0.3, -0.25) is 4.79 Å². The van der Waals surface area contributed by atoms with Gasteiger partial charge in [0, 0.05) is 19.1 Å². The molecule has 0 unspecified atom stereocenters. The molecule has 1 N–H and O–H groups in total. The van der Waals surface area contributed by atoms with Crippen molar-refractivity contribution in [3.63, 3.8) is 0 Å². The minimum Gasteiger partial charge on any atom is -0.377 e. The molecule has 0 atom stereocenters. The normalized spacial score (nSPS) is 17.1. The van der Waals surface area contributed by atoms with Crippen molar-refractivity contribution in [3.8, 4) is 0 Å². The van der Waals surface area contributed by atoms with E-state index in [0.717, 1.165) is 12.8 Å². The molecule has 1 amide bonds. The average Bonchev–Trinajstić information content (AvgIpc) is 2.88. The maximum Gasteiger partial charge on any atom is 0.273 e. The number of halogens is 1. The summed E-state index contributed by atoms with van der Waals surface area (Å²) in [4.78, 5) is 11.7. The maximum absolute atomic E-state index is 11.7. The van der Waals surface area contributed by atoms with Crippen LogP contribution in [0.3, 0.4) is 0 Å². The zero-order valence-corrected chi connectivity index (χ0v) is 9.71. The Morgan fingerprint density at radius 2 is 2.50 bits per heavy atom. The lowest BCUT2D eigenvalue weighted by Gasteiger charge is -2.11. The van der Waals surface area contributed by atoms with E-state index in [-0.39, 0.29) is 17.1 Å². The lowest BCUT2D eigenvalue weighted by Crippen LogP contribution is -2.38. The second-order valence-electron chi connectivity index (χ2n) is 3.98. The fourth-order valence-electron chi connectivity index (χ4n) is 1.38. The van der Waals surface area contributed by atoms with Gasteiger partial charge in [-0.05, 0) is 12.8 Å². The molecule has 1 saturated carbocycles. The van der Waals surface area contributed by atoms with Crippen LogP contribution in [-0.2, 0) is 11.3 Å². The molecule has 1 aromatic rings. The molecule has 0 spiro atoms. The van der Waals surface area contributed by atoms with Gasteiger partial charge < -0.3 is 14.6 Å².